The van der Waals surface area contributed by atoms with E-state index in [1.807, 2.05) is 6.92 Å². The summed E-state index contributed by atoms with van der Waals surface area (Å²) in [6, 6.07) is 3.21. The van der Waals surface area contributed by atoms with Crippen LogP contribution in [0.1, 0.15) is 5.01 Å². The molecule has 2 aromatic rings. The summed E-state index contributed by atoms with van der Waals surface area (Å²) in [5.41, 5.74) is 0.853. The average molecular weight is 246 g/mol. The van der Waals surface area contributed by atoms with Gasteiger partial charge in [-0.15, -0.1) is 11.3 Å². The minimum atomic E-state index is -0.230. The van der Waals surface area contributed by atoms with Gasteiger partial charge in [-0.25, -0.2) is 9.37 Å². The number of hydrogen-bond donors (Lipinski definition) is 0. The van der Waals surface area contributed by atoms with E-state index in [1.165, 1.54) is 17.4 Å². The molecule has 2 rings (SSSR count). The number of aryl methyl sites for hydroxylation is 1. The van der Waals surface area contributed by atoms with E-state index in [2.05, 4.69) is 20.9 Å². The Balaban J connectivity index is 2.83. The summed E-state index contributed by atoms with van der Waals surface area (Å²) in [7, 11) is 0. The molecular weight excluding hydrogens is 241 g/mol. The zero-order valence-corrected chi connectivity index (χ0v) is 8.67. The van der Waals surface area contributed by atoms with Crippen molar-refractivity contribution in [2.24, 2.45) is 0 Å². The number of fused-ring (bicyclic) bond motifs is 1. The molecule has 0 amide bonds. The van der Waals surface area contributed by atoms with Gasteiger partial charge in [-0.1, -0.05) is 0 Å². The highest BCUT2D eigenvalue weighted by Gasteiger charge is 2.05. The van der Waals surface area contributed by atoms with Crippen LogP contribution in [0.5, 0.6) is 0 Å². The van der Waals surface area contributed by atoms with Crippen molar-refractivity contribution in [1.82, 2.24) is 4.98 Å². The first kappa shape index (κ1) is 8.13. The lowest BCUT2D eigenvalue weighted by Crippen LogP contribution is -1.76. The van der Waals surface area contributed by atoms with Gasteiger partial charge in [0.2, 0.25) is 0 Å². The Hall–Kier alpha value is -0.480. The molecule has 62 valence electrons. The van der Waals surface area contributed by atoms with E-state index in [4.69, 9.17) is 0 Å². The first-order valence-corrected chi connectivity index (χ1v) is 5.00. The van der Waals surface area contributed by atoms with Crippen LogP contribution in [0.25, 0.3) is 10.2 Å². The summed E-state index contributed by atoms with van der Waals surface area (Å²) in [6.07, 6.45) is 0. The molecule has 0 aliphatic rings. The summed E-state index contributed by atoms with van der Waals surface area (Å²) in [4.78, 5) is 4.24. The first-order valence-electron chi connectivity index (χ1n) is 3.39. The molecule has 0 radical (unpaired) electrons. The van der Waals surface area contributed by atoms with Crippen molar-refractivity contribution in [3.05, 3.63) is 27.4 Å². The van der Waals surface area contributed by atoms with Crippen molar-refractivity contribution in [3.8, 4) is 0 Å². The molecule has 0 saturated heterocycles. The standard InChI is InChI=1S/C8H5BrFNS/c1-4-11-7-2-5(9)6(10)3-8(7)12-4/h2-3H,1H3. The Bertz CT molecular complexity index is 399. The summed E-state index contributed by atoms with van der Waals surface area (Å²) in [6.45, 7) is 1.91. The van der Waals surface area contributed by atoms with Gasteiger partial charge in [0.15, 0.2) is 0 Å². The Labute approximate surface area is 81.4 Å². The smallest absolute Gasteiger partial charge is 0.138 e. The second kappa shape index (κ2) is 2.78. The lowest BCUT2D eigenvalue weighted by atomic mass is 10.3. The average Bonchev–Trinajstić information content (AvgIpc) is 2.30. The molecule has 0 bridgehead atoms. The molecule has 0 spiro atoms. The predicted octanol–water partition coefficient (Wildman–Crippen LogP) is 3.51. The van der Waals surface area contributed by atoms with Gasteiger partial charge in [0.25, 0.3) is 0 Å². The zero-order chi connectivity index (χ0) is 8.72. The molecule has 0 fully saturated rings. The van der Waals surface area contributed by atoms with Crippen LogP contribution < -0.4 is 0 Å². The van der Waals surface area contributed by atoms with Crippen molar-refractivity contribution in [2.75, 3.05) is 0 Å². The number of hydrogen-bond acceptors (Lipinski definition) is 2. The van der Waals surface area contributed by atoms with E-state index in [1.54, 1.807) is 6.07 Å². The Morgan fingerprint density at radius 1 is 1.50 bits per heavy atom. The van der Waals surface area contributed by atoms with E-state index in [0.29, 0.717) is 4.47 Å². The lowest BCUT2D eigenvalue weighted by Gasteiger charge is -1.91. The molecule has 1 aromatic heterocycles. The van der Waals surface area contributed by atoms with Crippen molar-refractivity contribution in [1.29, 1.82) is 0 Å². The molecule has 0 saturated carbocycles. The molecule has 1 nitrogen and oxygen atoms in total. The minimum Gasteiger partial charge on any atom is -0.241 e. The van der Waals surface area contributed by atoms with Crippen LogP contribution in [-0.4, -0.2) is 4.98 Å². The number of thiazole rings is 1. The van der Waals surface area contributed by atoms with Crippen LogP contribution in [0.4, 0.5) is 4.39 Å². The number of rotatable bonds is 0. The Morgan fingerprint density at radius 2 is 2.25 bits per heavy atom. The largest absolute Gasteiger partial charge is 0.241 e. The molecule has 4 heteroatoms. The summed E-state index contributed by atoms with van der Waals surface area (Å²) >= 11 is 4.62. The van der Waals surface area contributed by atoms with Crippen LogP contribution in [0.2, 0.25) is 0 Å². The summed E-state index contributed by atoms with van der Waals surface area (Å²) < 4.78 is 14.4. The normalized spacial score (nSPS) is 10.9. The highest BCUT2D eigenvalue weighted by Crippen LogP contribution is 2.26. The Kier molecular flexibility index (Phi) is 1.88. The van der Waals surface area contributed by atoms with Crippen molar-refractivity contribution in [3.63, 3.8) is 0 Å². The van der Waals surface area contributed by atoms with E-state index >= 15 is 0 Å². The van der Waals surface area contributed by atoms with Gasteiger partial charge in [-0.2, -0.15) is 0 Å². The molecule has 1 heterocycles. The lowest BCUT2D eigenvalue weighted by molar-refractivity contribution is 0.623. The molecule has 1 aromatic carbocycles. The number of aromatic nitrogens is 1. The van der Waals surface area contributed by atoms with Gasteiger partial charge in [-0.3, -0.25) is 0 Å². The third-order valence-corrected chi connectivity index (χ3v) is 3.08. The SMILES string of the molecule is Cc1nc2cc(Br)c(F)cc2s1. The van der Waals surface area contributed by atoms with Gasteiger partial charge < -0.3 is 0 Å². The quantitative estimate of drug-likeness (QED) is 0.693. The summed E-state index contributed by atoms with van der Waals surface area (Å²) in [5.74, 6) is -0.230. The molecule has 0 N–H and O–H groups in total. The second-order valence-electron chi connectivity index (χ2n) is 2.47. The predicted molar refractivity (Wildman–Crippen MR) is 52.0 cm³/mol. The molecule has 0 atom stereocenters. The van der Waals surface area contributed by atoms with Crippen molar-refractivity contribution >= 4 is 37.5 Å². The molecule has 0 aliphatic heterocycles. The minimum absolute atomic E-state index is 0.230. The van der Waals surface area contributed by atoms with E-state index < -0.39 is 0 Å². The van der Waals surface area contributed by atoms with Gasteiger partial charge in [0.05, 0.1) is 19.7 Å². The fourth-order valence-corrected chi connectivity index (χ4v) is 2.20. The fraction of sp³-hybridized carbons (Fsp3) is 0.125. The van der Waals surface area contributed by atoms with Crippen LogP contribution in [0.3, 0.4) is 0 Å². The fourth-order valence-electron chi connectivity index (χ4n) is 1.04. The molecular formula is C8H5BrFNS. The van der Waals surface area contributed by atoms with Crippen LogP contribution in [0, 0.1) is 12.7 Å². The van der Waals surface area contributed by atoms with E-state index in [9.17, 15) is 4.39 Å². The van der Waals surface area contributed by atoms with Gasteiger partial charge in [-0.05, 0) is 35.0 Å². The van der Waals surface area contributed by atoms with Gasteiger partial charge in [0, 0.05) is 0 Å². The second-order valence-corrected chi connectivity index (χ2v) is 4.56. The van der Waals surface area contributed by atoms with Crippen LogP contribution in [0.15, 0.2) is 16.6 Å². The molecule has 0 unspecified atom stereocenters. The Morgan fingerprint density at radius 3 is 3.00 bits per heavy atom. The van der Waals surface area contributed by atoms with Crippen molar-refractivity contribution in [2.45, 2.75) is 6.92 Å². The highest BCUT2D eigenvalue weighted by molar-refractivity contribution is 9.10. The maximum atomic E-state index is 13.0. The molecule has 0 aliphatic carbocycles. The van der Waals surface area contributed by atoms with Crippen LogP contribution >= 0.6 is 27.3 Å². The van der Waals surface area contributed by atoms with Gasteiger partial charge >= 0.3 is 0 Å². The maximum absolute atomic E-state index is 13.0. The highest BCUT2D eigenvalue weighted by atomic mass is 79.9. The van der Waals surface area contributed by atoms with Crippen LogP contribution in [-0.2, 0) is 0 Å². The third kappa shape index (κ3) is 1.25. The monoisotopic (exact) mass is 245 g/mol. The van der Waals surface area contributed by atoms with E-state index in [-0.39, 0.29) is 5.82 Å². The summed E-state index contributed by atoms with van der Waals surface area (Å²) in [5, 5.41) is 0.961. The number of nitrogens with zero attached hydrogens (tertiary/aromatic N) is 1. The van der Waals surface area contributed by atoms with Crippen molar-refractivity contribution < 1.29 is 4.39 Å². The zero-order valence-electron chi connectivity index (χ0n) is 6.27. The number of halogens is 2. The first-order chi connectivity index (χ1) is 5.66. The van der Waals surface area contributed by atoms with E-state index in [0.717, 1.165) is 15.2 Å². The third-order valence-electron chi connectivity index (χ3n) is 1.54. The topological polar surface area (TPSA) is 12.9 Å². The maximum Gasteiger partial charge on any atom is 0.138 e. The molecule has 12 heavy (non-hydrogen) atoms. The number of benzene rings is 1. The van der Waals surface area contributed by atoms with Gasteiger partial charge in [0.1, 0.15) is 5.82 Å².